The molecule has 1 heterocycles. The summed E-state index contributed by atoms with van der Waals surface area (Å²) in [5.41, 5.74) is 13.8. The van der Waals surface area contributed by atoms with Crippen LogP contribution in [0.2, 0.25) is 0 Å². The van der Waals surface area contributed by atoms with Crippen LogP contribution in [0.4, 0.5) is 11.4 Å². The van der Waals surface area contributed by atoms with Crippen molar-refractivity contribution >= 4 is 28.6 Å². The fraction of sp³-hybridized carbons (Fsp3) is 0.0833. The monoisotopic (exact) mass is 247 g/mol. The van der Waals surface area contributed by atoms with Crippen LogP contribution in [-0.2, 0) is 6.54 Å². The Hall–Kier alpha value is -2.01. The summed E-state index contributed by atoms with van der Waals surface area (Å²) in [4.78, 5) is 11.8. The number of nitrogens with two attached hydrogens (primary N) is 2. The van der Waals surface area contributed by atoms with E-state index in [-0.39, 0.29) is 5.91 Å². The number of nitrogens with one attached hydrogen (secondary N) is 1. The van der Waals surface area contributed by atoms with E-state index >= 15 is 0 Å². The van der Waals surface area contributed by atoms with Crippen LogP contribution >= 0.6 is 11.3 Å². The topological polar surface area (TPSA) is 81.1 Å². The quantitative estimate of drug-likeness (QED) is 0.724. The molecule has 2 aromatic rings. The molecule has 0 spiro atoms. The molecule has 0 bridgehead atoms. The highest BCUT2D eigenvalue weighted by atomic mass is 32.1. The molecule has 0 saturated heterocycles. The summed E-state index contributed by atoms with van der Waals surface area (Å²) < 4.78 is 0. The largest absolute Gasteiger partial charge is 0.399 e. The lowest BCUT2D eigenvalue weighted by Crippen LogP contribution is -2.23. The zero-order chi connectivity index (χ0) is 12.3. The molecule has 1 amide bonds. The van der Waals surface area contributed by atoms with Crippen molar-refractivity contribution in [1.82, 2.24) is 5.32 Å². The second kappa shape index (κ2) is 4.88. The number of nitrogen functional groups attached to an aromatic ring is 2. The summed E-state index contributed by atoms with van der Waals surface area (Å²) in [6, 6.07) is 6.85. The van der Waals surface area contributed by atoms with Crippen LogP contribution in [0.15, 0.2) is 35.0 Å². The Kier molecular flexibility index (Phi) is 3.30. The molecule has 0 unspecified atom stereocenters. The number of carbonyl (C=O) groups excluding carboxylic acids is 1. The Labute approximate surface area is 103 Å². The van der Waals surface area contributed by atoms with E-state index in [1.165, 1.54) is 0 Å². The fourth-order valence-corrected chi connectivity index (χ4v) is 2.13. The lowest BCUT2D eigenvalue weighted by atomic mass is 10.1. The highest BCUT2D eigenvalue weighted by Crippen LogP contribution is 2.15. The first-order chi connectivity index (χ1) is 8.16. The van der Waals surface area contributed by atoms with Crippen LogP contribution in [0, 0.1) is 0 Å². The van der Waals surface area contributed by atoms with Crippen molar-refractivity contribution < 1.29 is 4.79 Å². The van der Waals surface area contributed by atoms with Gasteiger partial charge in [0.05, 0.1) is 5.56 Å². The van der Waals surface area contributed by atoms with Crippen molar-refractivity contribution in [2.75, 3.05) is 11.5 Å². The van der Waals surface area contributed by atoms with Crippen molar-refractivity contribution in [3.63, 3.8) is 0 Å². The van der Waals surface area contributed by atoms with E-state index < -0.39 is 0 Å². The third-order valence-corrected chi connectivity index (χ3v) is 3.09. The van der Waals surface area contributed by atoms with Crippen molar-refractivity contribution in [3.05, 3.63) is 46.2 Å². The first-order valence-electron chi connectivity index (χ1n) is 5.11. The third-order valence-electron chi connectivity index (χ3n) is 2.35. The van der Waals surface area contributed by atoms with E-state index in [2.05, 4.69) is 5.32 Å². The molecule has 1 aromatic carbocycles. The van der Waals surface area contributed by atoms with E-state index in [4.69, 9.17) is 11.5 Å². The average Bonchev–Trinajstić information content (AvgIpc) is 2.78. The van der Waals surface area contributed by atoms with E-state index in [1.807, 2.05) is 16.8 Å². The van der Waals surface area contributed by atoms with Crippen LogP contribution in [0.3, 0.4) is 0 Å². The van der Waals surface area contributed by atoms with Crippen LogP contribution in [0.1, 0.15) is 15.9 Å². The maximum absolute atomic E-state index is 11.8. The van der Waals surface area contributed by atoms with Crippen molar-refractivity contribution in [2.45, 2.75) is 6.54 Å². The van der Waals surface area contributed by atoms with Gasteiger partial charge in [0, 0.05) is 17.9 Å². The van der Waals surface area contributed by atoms with Crippen molar-refractivity contribution in [2.24, 2.45) is 0 Å². The molecule has 0 atom stereocenters. The van der Waals surface area contributed by atoms with Gasteiger partial charge in [0.1, 0.15) is 0 Å². The molecular weight excluding hydrogens is 234 g/mol. The van der Waals surface area contributed by atoms with Gasteiger partial charge in [-0.05, 0) is 40.6 Å². The average molecular weight is 247 g/mol. The molecule has 0 aliphatic rings. The number of rotatable bonds is 3. The molecule has 5 N–H and O–H groups in total. The van der Waals surface area contributed by atoms with Gasteiger partial charge in [-0.25, -0.2) is 0 Å². The Morgan fingerprint density at radius 1 is 1.29 bits per heavy atom. The molecule has 0 fully saturated rings. The molecule has 4 nitrogen and oxygen atoms in total. The third kappa shape index (κ3) is 2.76. The van der Waals surface area contributed by atoms with Gasteiger partial charge in [-0.15, -0.1) is 0 Å². The van der Waals surface area contributed by atoms with Gasteiger partial charge in [-0.1, -0.05) is 0 Å². The molecule has 0 aliphatic carbocycles. The zero-order valence-corrected chi connectivity index (χ0v) is 9.96. The fourth-order valence-electron chi connectivity index (χ4n) is 1.46. The van der Waals surface area contributed by atoms with Crippen molar-refractivity contribution in [3.8, 4) is 0 Å². The summed E-state index contributed by atoms with van der Waals surface area (Å²) in [6.45, 7) is 0.506. The standard InChI is InChI=1S/C12H13N3OS/c13-9-1-2-10(11(14)5-9)12(16)15-6-8-3-4-17-7-8/h1-5,7H,6,13-14H2,(H,15,16). The van der Waals surface area contributed by atoms with Gasteiger partial charge < -0.3 is 16.8 Å². The Balaban J connectivity index is 2.04. The molecular formula is C12H13N3OS. The predicted octanol–water partition coefficient (Wildman–Crippen LogP) is 1.84. The Morgan fingerprint density at radius 2 is 2.12 bits per heavy atom. The molecule has 2 rings (SSSR count). The first-order valence-corrected chi connectivity index (χ1v) is 6.05. The highest BCUT2D eigenvalue weighted by molar-refractivity contribution is 7.07. The minimum absolute atomic E-state index is 0.186. The van der Waals surface area contributed by atoms with Gasteiger partial charge in [0.25, 0.3) is 5.91 Å². The van der Waals surface area contributed by atoms with Crippen LogP contribution in [0.5, 0.6) is 0 Å². The molecule has 0 radical (unpaired) electrons. The zero-order valence-electron chi connectivity index (χ0n) is 9.14. The van der Waals surface area contributed by atoms with Gasteiger partial charge in [0.2, 0.25) is 0 Å². The normalized spacial score (nSPS) is 10.1. The summed E-state index contributed by atoms with van der Waals surface area (Å²) in [5, 5.41) is 6.77. The van der Waals surface area contributed by atoms with E-state index in [9.17, 15) is 4.79 Å². The lowest BCUT2D eigenvalue weighted by Gasteiger charge is -2.07. The lowest BCUT2D eigenvalue weighted by molar-refractivity contribution is 0.0952. The number of carbonyl (C=O) groups is 1. The van der Waals surface area contributed by atoms with E-state index in [0.717, 1.165) is 5.56 Å². The minimum Gasteiger partial charge on any atom is -0.399 e. The summed E-state index contributed by atoms with van der Waals surface area (Å²) in [6.07, 6.45) is 0. The molecule has 17 heavy (non-hydrogen) atoms. The molecule has 0 aliphatic heterocycles. The highest BCUT2D eigenvalue weighted by Gasteiger charge is 2.09. The van der Waals surface area contributed by atoms with Crippen LogP contribution < -0.4 is 16.8 Å². The maximum atomic E-state index is 11.8. The number of benzene rings is 1. The smallest absolute Gasteiger partial charge is 0.253 e. The Morgan fingerprint density at radius 3 is 2.76 bits per heavy atom. The minimum atomic E-state index is -0.186. The SMILES string of the molecule is Nc1ccc(C(=O)NCc2ccsc2)c(N)c1. The van der Waals surface area contributed by atoms with E-state index in [1.54, 1.807) is 29.5 Å². The Bertz CT molecular complexity index is 523. The van der Waals surface area contributed by atoms with Gasteiger partial charge >= 0.3 is 0 Å². The summed E-state index contributed by atoms with van der Waals surface area (Å²) >= 11 is 1.60. The molecule has 0 saturated carbocycles. The first kappa shape index (κ1) is 11.5. The van der Waals surface area contributed by atoms with Gasteiger partial charge in [-0.3, -0.25) is 4.79 Å². The number of hydrogen-bond acceptors (Lipinski definition) is 4. The van der Waals surface area contributed by atoms with Gasteiger partial charge in [-0.2, -0.15) is 11.3 Å². The second-order valence-electron chi connectivity index (χ2n) is 3.66. The predicted molar refractivity (Wildman–Crippen MR) is 70.8 cm³/mol. The number of hydrogen-bond donors (Lipinski definition) is 3. The van der Waals surface area contributed by atoms with Crippen molar-refractivity contribution in [1.29, 1.82) is 0 Å². The molecule has 1 aromatic heterocycles. The van der Waals surface area contributed by atoms with Crippen LogP contribution in [-0.4, -0.2) is 5.91 Å². The molecule has 5 heteroatoms. The van der Waals surface area contributed by atoms with E-state index in [0.29, 0.717) is 23.5 Å². The summed E-state index contributed by atoms with van der Waals surface area (Å²) in [7, 11) is 0. The number of amides is 1. The van der Waals surface area contributed by atoms with Crippen LogP contribution in [0.25, 0.3) is 0 Å². The second-order valence-corrected chi connectivity index (χ2v) is 4.44. The number of anilines is 2. The summed E-state index contributed by atoms with van der Waals surface area (Å²) in [5.74, 6) is -0.186. The van der Waals surface area contributed by atoms with Gasteiger partial charge in [0.15, 0.2) is 0 Å². The number of thiophene rings is 1. The molecule has 88 valence electrons. The maximum Gasteiger partial charge on any atom is 0.253 e.